The first-order valence-corrected chi connectivity index (χ1v) is 9.96. The maximum absolute atomic E-state index is 13.0. The summed E-state index contributed by atoms with van der Waals surface area (Å²) < 4.78 is 6.89. The highest BCUT2D eigenvalue weighted by Crippen LogP contribution is 2.37. The fourth-order valence-electron chi connectivity index (χ4n) is 3.15. The van der Waals surface area contributed by atoms with Crippen molar-refractivity contribution in [1.29, 1.82) is 0 Å². The van der Waals surface area contributed by atoms with Crippen LogP contribution >= 0.6 is 23.2 Å². The minimum atomic E-state index is -0.437. The molecule has 2 heterocycles. The van der Waals surface area contributed by atoms with Gasteiger partial charge in [0.25, 0.3) is 5.91 Å². The van der Waals surface area contributed by atoms with Gasteiger partial charge in [0.1, 0.15) is 17.0 Å². The molecule has 1 N–H and O–H groups in total. The van der Waals surface area contributed by atoms with Crippen LogP contribution in [0.25, 0.3) is 11.3 Å². The number of imidazole rings is 1. The zero-order valence-electron chi connectivity index (χ0n) is 16.5. The lowest BCUT2D eigenvalue weighted by atomic mass is 10.0. The Kier molecular flexibility index (Phi) is 5.63. The highest BCUT2D eigenvalue weighted by Gasteiger charge is 2.25. The maximum atomic E-state index is 13.0. The van der Waals surface area contributed by atoms with Gasteiger partial charge in [-0.25, -0.2) is 4.98 Å². The van der Waals surface area contributed by atoms with Crippen molar-refractivity contribution in [2.45, 2.75) is 6.92 Å². The third-order valence-corrected chi connectivity index (χ3v) is 5.35. The lowest BCUT2D eigenvalue weighted by Crippen LogP contribution is -2.14. The normalized spacial score (nSPS) is 10.8. The Morgan fingerprint density at radius 3 is 2.35 bits per heavy atom. The second-order valence-corrected chi connectivity index (χ2v) is 7.60. The summed E-state index contributed by atoms with van der Waals surface area (Å²) in [6.45, 7) is 1.63. The van der Waals surface area contributed by atoms with E-state index >= 15 is 0 Å². The molecule has 156 valence electrons. The number of nitrogens with one attached hydrogen (secondary N) is 1. The predicted molar refractivity (Wildman–Crippen MR) is 118 cm³/mol. The number of ketones is 1. The highest BCUT2D eigenvalue weighted by atomic mass is 35.5. The molecule has 0 atom stereocenters. The number of benzene rings is 2. The molecule has 0 aliphatic rings. The third kappa shape index (κ3) is 3.97. The first-order valence-electron chi connectivity index (χ1n) is 9.21. The molecular weight excluding hydrogens is 439 g/mol. The number of rotatable bonds is 5. The Morgan fingerprint density at radius 1 is 1.06 bits per heavy atom. The summed E-state index contributed by atoms with van der Waals surface area (Å²) in [6, 6.07) is 11.5. The zero-order chi connectivity index (χ0) is 22.1. The van der Waals surface area contributed by atoms with Gasteiger partial charge in [0, 0.05) is 36.3 Å². The van der Waals surface area contributed by atoms with Crippen LogP contribution in [0.3, 0.4) is 0 Å². The van der Waals surface area contributed by atoms with Crippen LogP contribution in [0.4, 0.5) is 5.69 Å². The van der Waals surface area contributed by atoms with Crippen molar-refractivity contribution >= 4 is 40.6 Å². The summed E-state index contributed by atoms with van der Waals surface area (Å²) in [6.07, 6.45) is 3.26. The number of hydrogen-bond acceptors (Lipinski definition) is 5. The number of hydrogen-bond donors (Lipinski definition) is 1. The van der Waals surface area contributed by atoms with Gasteiger partial charge in [0.05, 0.1) is 10.0 Å². The van der Waals surface area contributed by atoms with Gasteiger partial charge < -0.3 is 14.4 Å². The molecular formula is C22H16Cl2N4O3. The molecule has 1 amide bonds. The Balaban J connectivity index is 1.59. The van der Waals surface area contributed by atoms with Crippen LogP contribution in [0.2, 0.25) is 10.0 Å². The Hall–Kier alpha value is -3.42. The monoisotopic (exact) mass is 454 g/mol. The van der Waals surface area contributed by atoms with Crippen LogP contribution in [0.5, 0.6) is 0 Å². The van der Waals surface area contributed by atoms with E-state index in [4.69, 9.17) is 27.7 Å². The molecule has 0 saturated heterocycles. The van der Waals surface area contributed by atoms with Gasteiger partial charge in [0.2, 0.25) is 5.78 Å². The Morgan fingerprint density at radius 2 is 1.74 bits per heavy atom. The van der Waals surface area contributed by atoms with E-state index in [1.807, 2.05) is 0 Å². The smallest absolute Gasteiger partial charge is 0.261 e. The zero-order valence-corrected chi connectivity index (χ0v) is 18.0. The van der Waals surface area contributed by atoms with Gasteiger partial charge in [0.15, 0.2) is 5.82 Å². The van der Waals surface area contributed by atoms with Crippen molar-refractivity contribution in [2.75, 3.05) is 5.32 Å². The molecule has 4 rings (SSSR count). The van der Waals surface area contributed by atoms with Gasteiger partial charge in [-0.05, 0) is 43.3 Å². The van der Waals surface area contributed by atoms with Crippen molar-refractivity contribution in [3.8, 4) is 11.3 Å². The standard InChI is InChI=1S/C22H16Cl2N4O3/c1-12-17(19(27-31-12)18-15(23)4-3-5-16(18)24)22(30)26-14-8-6-13(7-9-14)20(29)21-25-10-11-28(21)2/h3-11H,1-2H3,(H,26,30). The molecule has 0 spiro atoms. The molecule has 4 aromatic rings. The molecule has 2 aromatic carbocycles. The number of aromatic nitrogens is 3. The summed E-state index contributed by atoms with van der Waals surface area (Å²) in [5.74, 6) is 0.00651. The summed E-state index contributed by atoms with van der Waals surface area (Å²) in [5, 5.41) is 7.48. The van der Waals surface area contributed by atoms with Crippen molar-refractivity contribution < 1.29 is 14.1 Å². The van der Waals surface area contributed by atoms with E-state index in [0.717, 1.165) is 0 Å². The molecule has 0 aliphatic heterocycles. The van der Waals surface area contributed by atoms with Crippen molar-refractivity contribution in [2.24, 2.45) is 7.05 Å². The van der Waals surface area contributed by atoms with Crippen molar-refractivity contribution in [1.82, 2.24) is 14.7 Å². The van der Waals surface area contributed by atoms with Gasteiger partial charge in [-0.3, -0.25) is 9.59 Å². The second-order valence-electron chi connectivity index (χ2n) is 6.78. The average Bonchev–Trinajstić information content (AvgIpc) is 3.33. The summed E-state index contributed by atoms with van der Waals surface area (Å²) in [4.78, 5) is 29.6. The molecule has 7 nitrogen and oxygen atoms in total. The van der Waals surface area contributed by atoms with Gasteiger partial charge >= 0.3 is 0 Å². The minimum absolute atomic E-state index is 0.212. The van der Waals surface area contributed by atoms with Crippen LogP contribution in [0.15, 0.2) is 59.4 Å². The van der Waals surface area contributed by atoms with E-state index in [1.54, 1.807) is 73.4 Å². The number of halogens is 2. The number of anilines is 1. The van der Waals surface area contributed by atoms with E-state index in [2.05, 4.69) is 15.5 Å². The quantitative estimate of drug-likeness (QED) is 0.419. The SMILES string of the molecule is Cc1onc(-c2c(Cl)cccc2Cl)c1C(=O)Nc1ccc(C(=O)c2nccn2C)cc1. The summed E-state index contributed by atoms with van der Waals surface area (Å²) >= 11 is 12.5. The minimum Gasteiger partial charge on any atom is -0.360 e. The summed E-state index contributed by atoms with van der Waals surface area (Å²) in [7, 11) is 1.75. The van der Waals surface area contributed by atoms with Gasteiger partial charge in [-0.2, -0.15) is 0 Å². The first kappa shape index (κ1) is 20.8. The van der Waals surface area contributed by atoms with Gasteiger partial charge in [-0.15, -0.1) is 0 Å². The van der Waals surface area contributed by atoms with E-state index in [0.29, 0.717) is 38.4 Å². The molecule has 9 heteroatoms. The molecule has 0 bridgehead atoms. The lowest BCUT2D eigenvalue weighted by Gasteiger charge is -2.08. The largest absolute Gasteiger partial charge is 0.360 e. The van der Waals surface area contributed by atoms with Crippen LogP contribution in [-0.4, -0.2) is 26.4 Å². The van der Waals surface area contributed by atoms with Crippen LogP contribution in [0, 0.1) is 6.92 Å². The van der Waals surface area contributed by atoms with Crippen molar-refractivity contribution in [3.05, 3.63) is 87.6 Å². The molecule has 2 aromatic heterocycles. The number of aryl methyl sites for hydroxylation is 2. The van der Waals surface area contributed by atoms with E-state index in [-0.39, 0.29) is 17.0 Å². The molecule has 31 heavy (non-hydrogen) atoms. The maximum Gasteiger partial charge on any atom is 0.261 e. The fraction of sp³-hybridized carbons (Fsp3) is 0.0909. The first-order chi connectivity index (χ1) is 14.9. The van der Waals surface area contributed by atoms with Gasteiger partial charge in [-0.1, -0.05) is 34.4 Å². The van der Waals surface area contributed by atoms with E-state index in [1.165, 1.54) is 0 Å². The topological polar surface area (TPSA) is 90.0 Å². The van der Waals surface area contributed by atoms with Crippen LogP contribution in [-0.2, 0) is 7.05 Å². The highest BCUT2D eigenvalue weighted by molar-refractivity contribution is 6.39. The second kappa shape index (κ2) is 8.37. The Labute approximate surface area is 187 Å². The molecule has 0 saturated carbocycles. The molecule has 0 unspecified atom stereocenters. The molecule has 0 radical (unpaired) electrons. The van der Waals surface area contributed by atoms with Crippen molar-refractivity contribution in [3.63, 3.8) is 0 Å². The Bertz CT molecular complexity index is 1270. The fourth-order valence-corrected chi connectivity index (χ4v) is 3.72. The third-order valence-electron chi connectivity index (χ3n) is 4.72. The number of amides is 1. The van der Waals surface area contributed by atoms with E-state index in [9.17, 15) is 9.59 Å². The molecule has 0 aliphatic carbocycles. The number of nitrogens with zero attached hydrogens (tertiary/aromatic N) is 3. The number of carbonyl (C=O) groups is 2. The van der Waals surface area contributed by atoms with Crippen LogP contribution < -0.4 is 5.32 Å². The average molecular weight is 455 g/mol. The lowest BCUT2D eigenvalue weighted by molar-refractivity contribution is 0.101. The van der Waals surface area contributed by atoms with E-state index < -0.39 is 5.91 Å². The number of carbonyl (C=O) groups excluding carboxylic acids is 2. The van der Waals surface area contributed by atoms with Crippen LogP contribution in [0.1, 0.15) is 32.3 Å². The predicted octanol–water partition coefficient (Wildman–Crippen LogP) is 5.17. The summed E-state index contributed by atoms with van der Waals surface area (Å²) in [5.41, 5.74) is 1.86. The molecule has 0 fully saturated rings.